The number of rotatable bonds is 3. The van der Waals surface area contributed by atoms with E-state index < -0.39 is 16.6 Å². The number of anilines is 2. The van der Waals surface area contributed by atoms with Gasteiger partial charge in [-0.2, -0.15) is 0 Å². The monoisotopic (exact) mass is 773 g/mol. The summed E-state index contributed by atoms with van der Waals surface area (Å²) in [7, 11) is 0. The van der Waals surface area contributed by atoms with Gasteiger partial charge in [-0.3, -0.25) is 0 Å². The summed E-state index contributed by atoms with van der Waals surface area (Å²) < 4.78 is 7.53. The molecular weight excluding hydrogens is 715 g/mol. The Morgan fingerprint density at radius 2 is 1.20 bits per heavy atom. The fourth-order valence-electron chi connectivity index (χ4n) is 14.4. The van der Waals surface area contributed by atoms with Crippen LogP contribution < -0.4 is 9.64 Å². The number of fused-ring (bicyclic) bond motifs is 12. The van der Waals surface area contributed by atoms with Gasteiger partial charge in [-0.15, -0.1) is 0 Å². The van der Waals surface area contributed by atoms with Gasteiger partial charge in [0.05, 0.1) is 5.54 Å². The summed E-state index contributed by atoms with van der Waals surface area (Å²) in [5, 5.41) is 2.66. The molecule has 4 unspecified atom stereocenters. The molecule has 59 heavy (non-hydrogen) atoms. The third-order valence-corrected chi connectivity index (χ3v) is 17.3. The van der Waals surface area contributed by atoms with Crippen LogP contribution in [0.4, 0.5) is 11.4 Å². The standard InChI is InChI=1S/C57H59NO/c1-53(2)45-27-17-15-25-43(45)46-35-55(4)51-52(56(46,53)5)57(6)47(44-26-16-18-28-49(44)59-57)34-54(51,3)50-42-24-14-13-23-38(42)29-30-48(50)58(55)41-32-39(36-19-9-7-10-20-36)31-40(33-41)37-21-11-8-12-22-37/h13-18,23-37H,7-12,19-22H2,1-6H3. The molecule has 0 radical (unpaired) electrons. The normalized spacial score (nSPS) is 30.4. The van der Waals surface area contributed by atoms with E-state index in [-0.39, 0.29) is 10.8 Å². The molecule has 5 aromatic rings. The Bertz CT molecular complexity index is 2680. The Labute approximate surface area is 352 Å². The zero-order valence-corrected chi connectivity index (χ0v) is 36.1. The van der Waals surface area contributed by atoms with E-state index in [4.69, 9.17) is 4.74 Å². The molecule has 0 saturated heterocycles. The molecule has 5 aliphatic carbocycles. The Kier molecular flexibility index (Phi) is 7.43. The molecule has 0 amide bonds. The van der Waals surface area contributed by atoms with Crippen molar-refractivity contribution in [1.29, 1.82) is 0 Å². The highest BCUT2D eigenvalue weighted by molar-refractivity contribution is 6.02. The molecule has 2 saturated carbocycles. The maximum absolute atomic E-state index is 7.53. The van der Waals surface area contributed by atoms with Crippen molar-refractivity contribution >= 4 is 33.3 Å². The molecule has 2 nitrogen and oxygen atoms in total. The average molecular weight is 774 g/mol. The minimum Gasteiger partial charge on any atom is -0.478 e. The van der Waals surface area contributed by atoms with Crippen LogP contribution in [-0.2, 0) is 10.8 Å². The molecule has 2 heterocycles. The largest absolute Gasteiger partial charge is 0.478 e. The number of para-hydroxylation sites is 1. The average Bonchev–Trinajstić information content (AvgIpc) is 3.64. The number of nitrogens with zero attached hydrogens (tertiary/aromatic N) is 1. The molecule has 0 bridgehead atoms. The number of allylic oxidation sites excluding steroid dienone is 2. The molecule has 0 spiro atoms. The highest BCUT2D eigenvalue weighted by Crippen LogP contribution is 2.75. The fraction of sp³-hybridized carbons (Fsp3) is 0.404. The van der Waals surface area contributed by atoms with Gasteiger partial charge in [0.1, 0.15) is 5.75 Å². The maximum Gasteiger partial charge on any atom is 0.154 e. The van der Waals surface area contributed by atoms with E-state index in [9.17, 15) is 0 Å². The highest BCUT2D eigenvalue weighted by atomic mass is 16.5. The molecule has 2 aliphatic heterocycles. The first-order chi connectivity index (χ1) is 28.5. The van der Waals surface area contributed by atoms with Gasteiger partial charge in [0, 0.05) is 38.8 Å². The Morgan fingerprint density at radius 3 is 1.92 bits per heavy atom. The summed E-state index contributed by atoms with van der Waals surface area (Å²) in [5.41, 5.74) is 15.0. The fourth-order valence-corrected chi connectivity index (χ4v) is 14.4. The van der Waals surface area contributed by atoms with Crippen molar-refractivity contribution in [2.45, 2.75) is 140 Å². The van der Waals surface area contributed by atoms with Crippen molar-refractivity contribution in [3.05, 3.63) is 160 Å². The Hall–Kier alpha value is -4.82. The zero-order valence-electron chi connectivity index (χ0n) is 36.1. The van der Waals surface area contributed by atoms with Crippen LogP contribution in [0, 0.1) is 5.41 Å². The van der Waals surface area contributed by atoms with Crippen LogP contribution >= 0.6 is 0 Å². The van der Waals surface area contributed by atoms with Crippen LogP contribution in [-0.4, -0.2) is 11.1 Å². The topological polar surface area (TPSA) is 12.5 Å². The second kappa shape index (κ2) is 12.1. The van der Waals surface area contributed by atoms with E-state index in [2.05, 4.69) is 162 Å². The smallest absolute Gasteiger partial charge is 0.154 e. The molecule has 298 valence electrons. The van der Waals surface area contributed by atoms with Gasteiger partial charge in [-0.1, -0.05) is 150 Å². The predicted octanol–water partition coefficient (Wildman–Crippen LogP) is 15.0. The zero-order chi connectivity index (χ0) is 40.1. The van der Waals surface area contributed by atoms with Crippen molar-refractivity contribution in [2.75, 3.05) is 4.90 Å². The summed E-state index contributed by atoms with van der Waals surface area (Å²) in [6.45, 7) is 15.2. The molecular formula is C57H59NO. The summed E-state index contributed by atoms with van der Waals surface area (Å²) in [6.07, 6.45) is 18.7. The van der Waals surface area contributed by atoms with Crippen molar-refractivity contribution in [3.63, 3.8) is 0 Å². The minimum atomic E-state index is -0.654. The van der Waals surface area contributed by atoms with Gasteiger partial charge in [0.2, 0.25) is 0 Å². The summed E-state index contributed by atoms with van der Waals surface area (Å²) >= 11 is 0. The van der Waals surface area contributed by atoms with Gasteiger partial charge in [-0.25, -0.2) is 0 Å². The second-order valence-electron chi connectivity index (χ2n) is 20.7. The molecule has 2 heteroatoms. The van der Waals surface area contributed by atoms with Crippen molar-refractivity contribution < 1.29 is 4.74 Å². The Morgan fingerprint density at radius 1 is 0.576 bits per heavy atom. The van der Waals surface area contributed by atoms with Gasteiger partial charge < -0.3 is 9.64 Å². The van der Waals surface area contributed by atoms with E-state index in [0.717, 1.165) is 5.75 Å². The Balaban J connectivity index is 1.23. The lowest BCUT2D eigenvalue weighted by Crippen LogP contribution is -2.62. The van der Waals surface area contributed by atoms with Crippen LogP contribution in [0.2, 0.25) is 0 Å². The molecule has 0 N–H and O–H groups in total. The lowest BCUT2D eigenvalue weighted by Gasteiger charge is -2.63. The van der Waals surface area contributed by atoms with E-state index in [1.54, 1.807) is 11.1 Å². The lowest BCUT2D eigenvalue weighted by molar-refractivity contribution is 0.150. The van der Waals surface area contributed by atoms with Crippen LogP contribution in [0.15, 0.2) is 126 Å². The van der Waals surface area contributed by atoms with Crippen molar-refractivity contribution in [3.8, 4) is 5.75 Å². The number of ether oxygens (including phenoxy) is 1. The first kappa shape index (κ1) is 36.1. The first-order valence-electron chi connectivity index (χ1n) is 23.1. The lowest BCUT2D eigenvalue weighted by atomic mass is 9.46. The van der Waals surface area contributed by atoms with Crippen LogP contribution in [0.5, 0.6) is 5.75 Å². The summed E-state index contributed by atoms with van der Waals surface area (Å²) in [6, 6.07) is 40.3. The van der Waals surface area contributed by atoms with Gasteiger partial charge >= 0.3 is 0 Å². The number of hydrogen-bond donors (Lipinski definition) is 0. The van der Waals surface area contributed by atoms with E-state index >= 15 is 0 Å². The minimum absolute atomic E-state index is 0.192. The summed E-state index contributed by atoms with van der Waals surface area (Å²) in [5.74, 6) is 2.25. The highest BCUT2D eigenvalue weighted by Gasteiger charge is 2.69. The molecule has 0 aromatic heterocycles. The SMILES string of the molecule is CC12Oc3ccccc3C1=CC1(C)C3=C2C2(C)C(=CC3(C)N(c3cc(C4CCCCC4)cc(C4CCCCC4)c3)c3ccc4ccccc4c31)c1ccccc1C2(C)C. The molecule has 2 fully saturated rings. The molecule has 5 aromatic carbocycles. The van der Waals surface area contributed by atoms with E-state index in [1.165, 1.54) is 131 Å². The molecule has 12 rings (SSSR count). The van der Waals surface area contributed by atoms with Crippen LogP contribution in [0.3, 0.4) is 0 Å². The van der Waals surface area contributed by atoms with Gasteiger partial charge in [0.15, 0.2) is 5.60 Å². The van der Waals surface area contributed by atoms with Gasteiger partial charge in [0.25, 0.3) is 0 Å². The predicted molar refractivity (Wildman–Crippen MR) is 246 cm³/mol. The number of hydrogen-bond acceptors (Lipinski definition) is 2. The van der Waals surface area contributed by atoms with Gasteiger partial charge in [-0.05, 0) is 138 Å². The maximum atomic E-state index is 7.53. The second-order valence-corrected chi connectivity index (χ2v) is 20.7. The van der Waals surface area contributed by atoms with Crippen molar-refractivity contribution in [1.82, 2.24) is 0 Å². The van der Waals surface area contributed by atoms with Crippen molar-refractivity contribution in [2.24, 2.45) is 5.41 Å². The van der Waals surface area contributed by atoms with Crippen LogP contribution in [0.25, 0.3) is 21.9 Å². The first-order valence-corrected chi connectivity index (χ1v) is 23.1. The molecule has 7 aliphatic rings. The third-order valence-electron chi connectivity index (χ3n) is 17.3. The summed E-state index contributed by atoms with van der Waals surface area (Å²) in [4.78, 5) is 2.84. The van der Waals surface area contributed by atoms with E-state index in [0.29, 0.717) is 11.8 Å². The van der Waals surface area contributed by atoms with Crippen LogP contribution in [0.1, 0.15) is 151 Å². The quantitative estimate of drug-likeness (QED) is 0.169. The molecule has 4 atom stereocenters. The number of benzene rings is 5. The third kappa shape index (κ3) is 4.54. The van der Waals surface area contributed by atoms with E-state index in [1.807, 2.05) is 0 Å².